The number of pyridine rings is 1. The maximum atomic E-state index is 12.4. The molecule has 2 N–H and O–H groups in total. The Morgan fingerprint density at radius 2 is 1.89 bits per heavy atom. The molecule has 2 amide bonds. The molecule has 1 aromatic carbocycles. The predicted octanol–water partition coefficient (Wildman–Crippen LogP) is 3.14. The molecule has 1 fully saturated rings. The Morgan fingerprint density at radius 1 is 1.11 bits per heavy atom. The van der Waals surface area contributed by atoms with Crippen molar-refractivity contribution in [1.82, 2.24) is 10.3 Å². The van der Waals surface area contributed by atoms with E-state index in [1.54, 1.807) is 25.3 Å². The van der Waals surface area contributed by atoms with E-state index in [0.717, 1.165) is 24.5 Å². The standard InChI is InChI=1S/C21H26N4O2/c1-15-7-6-8-17(13-15)21(27)23-16(2)20(26)24-18-9-10-19(22-14-18)25-11-4-3-5-12-25/h6-10,13-14,16H,3-5,11-12H2,1-2H3,(H,23,27)(H,24,26). The van der Waals surface area contributed by atoms with Crippen molar-refractivity contribution in [1.29, 1.82) is 0 Å². The summed E-state index contributed by atoms with van der Waals surface area (Å²) in [5, 5.41) is 5.53. The molecule has 1 aliphatic rings. The number of piperidine rings is 1. The summed E-state index contributed by atoms with van der Waals surface area (Å²) in [6.45, 7) is 5.65. The molecule has 1 aromatic heterocycles. The van der Waals surface area contributed by atoms with Crippen LogP contribution in [0.25, 0.3) is 0 Å². The fourth-order valence-electron chi connectivity index (χ4n) is 3.15. The van der Waals surface area contributed by atoms with Crippen LogP contribution in [-0.4, -0.2) is 35.9 Å². The van der Waals surface area contributed by atoms with Crippen molar-refractivity contribution in [2.75, 3.05) is 23.3 Å². The van der Waals surface area contributed by atoms with Crippen LogP contribution in [0.2, 0.25) is 0 Å². The number of aromatic nitrogens is 1. The topological polar surface area (TPSA) is 74.3 Å². The summed E-state index contributed by atoms with van der Waals surface area (Å²) in [4.78, 5) is 31.4. The van der Waals surface area contributed by atoms with Gasteiger partial charge in [0.15, 0.2) is 0 Å². The number of hydrogen-bond acceptors (Lipinski definition) is 4. The van der Waals surface area contributed by atoms with E-state index in [-0.39, 0.29) is 11.8 Å². The summed E-state index contributed by atoms with van der Waals surface area (Å²) < 4.78 is 0. The summed E-state index contributed by atoms with van der Waals surface area (Å²) in [5.74, 6) is 0.400. The lowest BCUT2D eigenvalue weighted by Gasteiger charge is -2.27. The minimum absolute atomic E-state index is 0.264. The highest BCUT2D eigenvalue weighted by Gasteiger charge is 2.17. The van der Waals surface area contributed by atoms with Crippen molar-refractivity contribution in [3.8, 4) is 0 Å². The number of aryl methyl sites for hydroxylation is 1. The second kappa shape index (κ2) is 8.66. The van der Waals surface area contributed by atoms with Gasteiger partial charge in [-0.05, 0) is 57.4 Å². The fourth-order valence-corrected chi connectivity index (χ4v) is 3.15. The van der Waals surface area contributed by atoms with Crippen molar-refractivity contribution in [2.24, 2.45) is 0 Å². The van der Waals surface area contributed by atoms with Crippen LogP contribution < -0.4 is 15.5 Å². The highest BCUT2D eigenvalue weighted by atomic mass is 16.2. The third kappa shape index (κ3) is 5.06. The number of hydrogen-bond donors (Lipinski definition) is 2. The zero-order valence-corrected chi connectivity index (χ0v) is 15.9. The van der Waals surface area contributed by atoms with Crippen LogP contribution in [0, 0.1) is 6.92 Å². The van der Waals surface area contributed by atoms with Gasteiger partial charge >= 0.3 is 0 Å². The molecule has 2 heterocycles. The van der Waals surface area contributed by atoms with Crippen LogP contribution in [-0.2, 0) is 4.79 Å². The predicted molar refractivity (Wildman–Crippen MR) is 107 cm³/mol. The second-order valence-electron chi connectivity index (χ2n) is 7.01. The van der Waals surface area contributed by atoms with Gasteiger partial charge in [-0.3, -0.25) is 9.59 Å². The highest BCUT2D eigenvalue weighted by Crippen LogP contribution is 2.19. The van der Waals surface area contributed by atoms with Gasteiger partial charge in [0.25, 0.3) is 5.91 Å². The molecular weight excluding hydrogens is 340 g/mol. The van der Waals surface area contributed by atoms with Crippen LogP contribution >= 0.6 is 0 Å². The lowest BCUT2D eigenvalue weighted by Crippen LogP contribution is -2.41. The fraction of sp³-hybridized carbons (Fsp3) is 0.381. The quantitative estimate of drug-likeness (QED) is 0.853. The maximum absolute atomic E-state index is 12.4. The van der Waals surface area contributed by atoms with E-state index >= 15 is 0 Å². The lowest BCUT2D eigenvalue weighted by molar-refractivity contribution is -0.117. The van der Waals surface area contributed by atoms with Crippen LogP contribution in [0.15, 0.2) is 42.6 Å². The van der Waals surface area contributed by atoms with Crippen LogP contribution in [0.3, 0.4) is 0 Å². The molecule has 0 radical (unpaired) electrons. The summed E-state index contributed by atoms with van der Waals surface area (Å²) in [6, 6.07) is 10.4. The molecule has 3 rings (SSSR count). The molecule has 1 unspecified atom stereocenters. The average Bonchev–Trinajstić information content (AvgIpc) is 2.69. The molecule has 0 aliphatic carbocycles. The van der Waals surface area contributed by atoms with E-state index in [9.17, 15) is 9.59 Å². The number of nitrogens with zero attached hydrogens (tertiary/aromatic N) is 2. The smallest absolute Gasteiger partial charge is 0.251 e. The Kier molecular flexibility index (Phi) is 6.06. The first-order chi connectivity index (χ1) is 13.0. The van der Waals surface area contributed by atoms with Gasteiger partial charge in [0.1, 0.15) is 11.9 Å². The average molecular weight is 366 g/mol. The number of nitrogens with one attached hydrogen (secondary N) is 2. The number of anilines is 2. The van der Waals surface area contributed by atoms with Crippen LogP contribution in [0.4, 0.5) is 11.5 Å². The number of rotatable bonds is 5. The van der Waals surface area contributed by atoms with Crippen molar-refractivity contribution >= 4 is 23.3 Å². The van der Waals surface area contributed by atoms with Gasteiger partial charge < -0.3 is 15.5 Å². The van der Waals surface area contributed by atoms with Gasteiger partial charge in [0.05, 0.1) is 11.9 Å². The molecule has 1 aliphatic heterocycles. The second-order valence-corrected chi connectivity index (χ2v) is 7.01. The zero-order chi connectivity index (χ0) is 19.2. The SMILES string of the molecule is Cc1cccc(C(=O)NC(C)C(=O)Nc2ccc(N3CCCCC3)nc2)c1. The molecular formula is C21H26N4O2. The Labute approximate surface area is 160 Å². The van der Waals surface area contributed by atoms with Crippen molar-refractivity contribution in [3.63, 3.8) is 0 Å². The molecule has 0 saturated carbocycles. The number of carbonyl (C=O) groups is 2. The van der Waals surface area contributed by atoms with Crippen LogP contribution in [0.1, 0.15) is 42.1 Å². The molecule has 1 atom stereocenters. The Morgan fingerprint density at radius 3 is 2.56 bits per heavy atom. The molecule has 142 valence electrons. The number of benzene rings is 1. The molecule has 6 heteroatoms. The van der Waals surface area contributed by atoms with E-state index in [2.05, 4.69) is 20.5 Å². The third-order valence-corrected chi connectivity index (χ3v) is 4.72. The zero-order valence-electron chi connectivity index (χ0n) is 15.9. The lowest BCUT2D eigenvalue weighted by atomic mass is 10.1. The van der Waals surface area contributed by atoms with Crippen LogP contribution in [0.5, 0.6) is 0 Å². The van der Waals surface area contributed by atoms with Gasteiger partial charge in [0, 0.05) is 18.7 Å². The minimum Gasteiger partial charge on any atom is -0.357 e. The molecule has 1 saturated heterocycles. The summed E-state index contributed by atoms with van der Waals surface area (Å²) in [6.07, 6.45) is 5.32. The Balaban J connectivity index is 1.55. The summed E-state index contributed by atoms with van der Waals surface area (Å²) in [5.41, 5.74) is 2.17. The maximum Gasteiger partial charge on any atom is 0.251 e. The monoisotopic (exact) mass is 366 g/mol. The van der Waals surface area contributed by atoms with E-state index in [0.29, 0.717) is 11.3 Å². The Hall–Kier alpha value is -2.89. The molecule has 6 nitrogen and oxygen atoms in total. The number of carbonyl (C=O) groups excluding carboxylic acids is 2. The first-order valence-corrected chi connectivity index (χ1v) is 9.42. The van der Waals surface area contributed by atoms with Gasteiger partial charge in [-0.15, -0.1) is 0 Å². The van der Waals surface area contributed by atoms with E-state index in [1.807, 2.05) is 31.2 Å². The van der Waals surface area contributed by atoms with Crippen molar-refractivity contribution in [3.05, 3.63) is 53.7 Å². The molecule has 0 spiro atoms. The third-order valence-electron chi connectivity index (χ3n) is 4.72. The first kappa shape index (κ1) is 18.9. The van der Waals surface area contributed by atoms with Gasteiger partial charge in [-0.1, -0.05) is 17.7 Å². The van der Waals surface area contributed by atoms with E-state index in [4.69, 9.17) is 0 Å². The van der Waals surface area contributed by atoms with E-state index < -0.39 is 6.04 Å². The van der Waals surface area contributed by atoms with Gasteiger partial charge in [0.2, 0.25) is 5.91 Å². The van der Waals surface area contributed by atoms with Gasteiger partial charge in [-0.2, -0.15) is 0 Å². The minimum atomic E-state index is -0.653. The molecule has 2 aromatic rings. The largest absolute Gasteiger partial charge is 0.357 e. The molecule has 0 bridgehead atoms. The Bertz CT molecular complexity index is 798. The first-order valence-electron chi connectivity index (χ1n) is 9.42. The van der Waals surface area contributed by atoms with Crippen molar-refractivity contribution < 1.29 is 9.59 Å². The summed E-state index contributed by atoms with van der Waals surface area (Å²) >= 11 is 0. The van der Waals surface area contributed by atoms with Gasteiger partial charge in [-0.25, -0.2) is 4.98 Å². The highest BCUT2D eigenvalue weighted by molar-refractivity contribution is 6.01. The summed E-state index contributed by atoms with van der Waals surface area (Å²) in [7, 11) is 0. The van der Waals surface area contributed by atoms with Crippen molar-refractivity contribution in [2.45, 2.75) is 39.2 Å². The van der Waals surface area contributed by atoms with E-state index in [1.165, 1.54) is 19.3 Å². The normalized spacial score (nSPS) is 15.1. The molecule has 27 heavy (non-hydrogen) atoms. The number of amides is 2.